The van der Waals surface area contributed by atoms with Crippen molar-refractivity contribution < 1.29 is 19.1 Å². The predicted octanol–water partition coefficient (Wildman–Crippen LogP) is 4.54. The van der Waals surface area contributed by atoms with Crippen LogP contribution in [0.3, 0.4) is 0 Å². The molecule has 0 spiro atoms. The Morgan fingerprint density at radius 1 is 1.10 bits per heavy atom. The number of carbonyl (C=O) groups is 3. The summed E-state index contributed by atoms with van der Waals surface area (Å²) in [7, 11) is 0. The van der Waals surface area contributed by atoms with Gasteiger partial charge in [0.15, 0.2) is 17.3 Å². The van der Waals surface area contributed by atoms with Crippen molar-refractivity contribution in [1.82, 2.24) is 0 Å². The van der Waals surface area contributed by atoms with E-state index in [-0.39, 0.29) is 51.9 Å². The predicted molar refractivity (Wildman–Crippen MR) is 119 cm³/mol. The molecule has 4 rings (SSSR count). The number of dihydropyridines is 1. The number of halogens is 2. The van der Waals surface area contributed by atoms with E-state index in [1.54, 1.807) is 13.0 Å². The molecule has 1 saturated carbocycles. The van der Waals surface area contributed by atoms with Gasteiger partial charge in [0, 0.05) is 11.6 Å². The number of aliphatic imine (C=N–C) groups is 1. The molecule has 1 aromatic carbocycles. The van der Waals surface area contributed by atoms with Crippen LogP contribution in [0.5, 0.6) is 5.75 Å². The van der Waals surface area contributed by atoms with Crippen LogP contribution in [0.25, 0.3) is 0 Å². The molecule has 3 aliphatic rings. The van der Waals surface area contributed by atoms with Crippen LogP contribution in [0, 0.1) is 5.92 Å². The summed E-state index contributed by atoms with van der Waals surface area (Å²) < 4.78 is 5.83. The van der Waals surface area contributed by atoms with Gasteiger partial charge in [-0.2, -0.15) is 10.1 Å². The summed E-state index contributed by atoms with van der Waals surface area (Å²) in [6.45, 7) is 1.58. The number of anilines is 1. The van der Waals surface area contributed by atoms with Crippen LogP contribution in [-0.4, -0.2) is 35.6 Å². The highest BCUT2D eigenvalue weighted by atomic mass is 35.5. The van der Waals surface area contributed by atoms with Gasteiger partial charge < -0.3 is 4.74 Å². The number of hydrazone groups is 1. The number of rotatable bonds is 4. The minimum Gasteiger partial charge on any atom is -0.436 e. The molecule has 31 heavy (non-hydrogen) atoms. The van der Waals surface area contributed by atoms with Gasteiger partial charge in [0.25, 0.3) is 5.91 Å². The van der Waals surface area contributed by atoms with Crippen LogP contribution in [0.1, 0.15) is 45.4 Å². The number of hydrogen-bond donors (Lipinski definition) is 0. The number of amides is 1. The van der Waals surface area contributed by atoms with E-state index in [1.165, 1.54) is 25.0 Å². The van der Waals surface area contributed by atoms with Crippen LogP contribution >= 0.6 is 23.2 Å². The molecule has 1 aromatic rings. The lowest BCUT2D eigenvalue weighted by atomic mass is 9.94. The second-order valence-corrected chi connectivity index (χ2v) is 8.75. The minimum atomic E-state index is -0.467. The zero-order valence-corrected chi connectivity index (χ0v) is 18.5. The summed E-state index contributed by atoms with van der Waals surface area (Å²) in [6, 6.07) is 2.98. The number of nitrogens with zero attached hydrogens (tertiary/aromatic N) is 3. The Hall–Kier alpha value is -2.51. The van der Waals surface area contributed by atoms with Gasteiger partial charge in [-0.3, -0.25) is 14.4 Å². The van der Waals surface area contributed by atoms with Crippen LogP contribution in [0.2, 0.25) is 10.0 Å². The van der Waals surface area contributed by atoms with E-state index in [2.05, 4.69) is 10.1 Å². The van der Waals surface area contributed by atoms with Gasteiger partial charge in [-0.1, -0.05) is 48.9 Å². The molecular weight excluding hydrogens is 441 g/mol. The Kier molecular flexibility index (Phi) is 6.25. The summed E-state index contributed by atoms with van der Waals surface area (Å²) >= 11 is 12.8. The van der Waals surface area contributed by atoms with Crippen LogP contribution in [0.4, 0.5) is 5.69 Å². The van der Waals surface area contributed by atoms with Crippen molar-refractivity contribution in [2.45, 2.75) is 45.4 Å². The Morgan fingerprint density at radius 2 is 1.77 bits per heavy atom. The lowest BCUT2D eigenvalue weighted by Gasteiger charge is -2.23. The molecule has 1 aliphatic carbocycles. The van der Waals surface area contributed by atoms with Gasteiger partial charge in [-0.25, -0.2) is 4.99 Å². The largest absolute Gasteiger partial charge is 0.436 e. The topological polar surface area (TPSA) is 88.4 Å². The Morgan fingerprint density at radius 3 is 2.45 bits per heavy atom. The fourth-order valence-electron chi connectivity index (χ4n) is 3.96. The smallest absolute Gasteiger partial charge is 0.255 e. The first-order chi connectivity index (χ1) is 14.8. The SMILES string of the molecule is CC1=NN(c2cc(Cl)c(OC3=NCC(=O)C(CC4CCCC4)=C3)c(Cl)c2)C(=O)CC1=O. The monoisotopic (exact) mass is 461 g/mol. The van der Waals surface area contributed by atoms with Crippen molar-refractivity contribution in [3.8, 4) is 5.75 Å². The molecule has 1 amide bonds. The third kappa shape index (κ3) is 4.72. The van der Waals surface area contributed by atoms with Gasteiger partial charge in [0.1, 0.15) is 12.3 Å². The van der Waals surface area contributed by atoms with E-state index < -0.39 is 5.91 Å². The molecule has 2 heterocycles. The minimum absolute atomic E-state index is 0.0122. The molecule has 0 radical (unpaired) electrons. The molecule has 1 fully saturated rings. The number of carbonyl (C=O) groups excluding carboxylic acids is 3. The van der Waals surface area contributed by atoms with Gasteiger partial charge in [-0.05, 0) is 31.4 Å². The van der Waals surface area contributed by atoms with E-state index in [9.17, 15) is 14.4 Å². The molecule has 0 atom stereocenters. The third-order valence-corrected chi connectivity index (χ3v) is 6.22. The standard InChI is InChI=1S/C22H21Cl2N3O4/c1-12-18(28)10-21(30)27(26-12)15-8-16(23)22(17(24)9-15)31-20-7-14(19(29)11-25-20)6-13-4-2-3-5-13/h7-9,13H,2-6,10-11H2,1H3. The fraction of sp³-hybridized carbons (Fsp3) is 0.409. The van der Waals surface area contributed by atoms with E-state index >= 15 is 0 Å². The molecule has 162 valence electrons. The summed E-state index contributed by atoms with van der Waals surface area (Å²) in [5, 5.41) is 5.45. The lowest BCUT2D eigenvalue weighted by Crippen LogP contribution is -2.36. The van der Waals surface area contributed by atoms with Crippen molar-refractivity contribution in [2.24, 2.45) is 16.0 Å². The first-order valence-corrected chi connectivity index (χ1v) is 10.9. The Balaban J connectivity index is 1.55. The molecule has 0 aromatic heterocycles. The summed E-state index contributed by atoms with van der Waals surface area (Å²) in [4.78, 5) is 40.3. The highest BCUT2D eigenvalue weighted by Crippen LogP contribution is 2.38. The second-order valence-electron chi connectivity index (χ2n) is 7.93. The molecular formula is C22H21Cl2N3O4. The summed E-state index contributed by atoms with van der Waals surface area (Å²) in [5.41, 5.74) is 1.28. The molecule has 0 saturated heterocycles. The first-order valence-electron chi connectivity index (χ1n) is 10.2. The fourth-order valence-corrected chi connectivity index (χ4v) is 4.51. The highest BCUT2D eigenvalue weighted by molar-refractivity contribution is 6.44. The highest BCUT2D eigenvalue weighted by Gasteiger charge is 2.28. The number of hydrogen-bond acceptors (Lipinski definition) is 6. The summed E-state index contributed by atoms with van der Waals surface area (Å²) in [5.74, 6) is 0.210. The molecule has 2 aliphatic heterocycles. The number of Topliss-reactive ketones (excluding diaryl/α,β-unsaturated/α-hetero) is 2. The number of benzene rings is 1. The summed E-state index contributed by atoms with van der Waals surface area (Å²) in [6.07, 6.45) is 6.83. The maximum Gasteiger partial charge on any atom is 0.255 e. The zero-order chi connectivity index (χ0) is 22.1. The van der Waals surface area contributed by atoms with Crippen LogP contribution in [-0.2, 0) is 14.4 Å². The quantitative estimate of drug-likeness (QED) is 0.615. The number of ether oxygens (including phenoxy) is 1. The van der Waals surface area contributed by atoms with Crippen LogP contribution in [0.15, 0.2) is 33.9 Å². The van der Waals surface area contributed by atoms with Crippen molar-refractivity contribution in [3.05, 3.63) is 33.8 Å². The molecule has 0 bridgehead atoms. The zero-order valence-electron chi connectivity index (χ0n) is 17.0. The van der Waals surface area contributed by atoms with Gasteiger partial charge in [0.2, 0.25) is 5.90 Å². The van der Waals surface area contributed by atoms with Crippen molar-refractivity contribution in [1.29, 1.82) is 0 Å². The van der Waals surface area contributed by atoms with Gasteiger partial charge in [0.05, 0.1) is 22.2 Å². The molecule has 0 unspecified atom stereocenters. The van der Waals surface area contributed by atoms with Gasteiger partial charge >= 0.3 is 0 Å². The van der Waals surface area contributed by atoms with E-state index in [0.717, 1.165) is 24.3 Å². The van der Waals surface area contributed by atoms with E-state index in [1.807, 2.05) is 0 Å². The van der Waals surface area contributed by atoms with Crippen molar-refractivity contribution in [2.75, 3.05) is 11.6 Å². The maximum atomic E-state index is 12.3. The number of ketones is 2. The maximum absolute atomic E-state index is 12.3. The van der Waals surface area contributed by atoms with Gasteiger partial charge in [-0.15, -0.1) is 0 Å². The molecule has 7 nitrogen and oxygen atoms in total. The Labute approximate surface area is 189 Å². The second kappa shape index (κ2) is 8.93. The molecule has 0 N–H and O–H groups in total. The van der Waals surface area contributed by atoms with Crippen LogP contribution < -0.4 is 9.75 Å². The van der Waals surface area contributed by atoms with E-state index in [0.29, 0.717) is 17.2 Å². The third-order valence-electron chi connectivity index (χ3n) is 5.65. The average molecular weight is 462 g/mol. The normalized spacial score (nSPS) is 20.0. The Bertz CT molecular complexity index is 1030. The van der Waals surface area contributed by atoms with Crippen molar-refractivity contribution >= 4 is 58.0 Å². The lowest BCUT2D eigenvalue weighted by molar-refractivity contribution is -0.124. The van der Waals surface area contributed by atoms with Crippen molar-refractivity contribution in [3.63, 3.8) is 0 Å². The molecule has 9 heteroatoms. The average Bonchev–Trinajstić information content (AvgIpc) is 3.23. The van der Waals surface area contributed by atoms with E-state index in [4.69, 9.17) is 27.9 Å². The first kappa shape index (κ1) is 21.7.